The summed E-state index contributed by atoms with van der Waals surface area (Å²) in [4.78, 5) is 13.8. The Kier molecular flexibility index (Phi) is 6.09. The van der Waals surface area contributed by atoms with Gasteiger partial charge in [-0.3, -0.25) is 4.79 Å². The molecule has 0 saturated heterocycles. The van der Waals surface area contributed by atoms with Gasteiger partial charge in [0.05, 0.1) is 7.11 Å². The van der Waals surface area contributed by atoms with Gasteiger partial charge in [0.25, 0.3) is 0 Å². The van der Waals surface area contributed by atoms with Crippen LogP contribution in [0.4, 0.5) is 0 Å². The number of hydrogen-bond donors (Lipinski definition) is 1. The van der Waals surface area contributed by atoms with Crippen LogP contribution in [0.1, 0.15) is 45.4 Å². The predicted molar refractivity (Wildman–Crippen MR) is 73.3 cm³/mol. The van der Waals surface area contributed by atoms with Crippen LogP contribution in [-0.4, -0.2) is 43.7 Å². The number of rotatable bonds is 6. The first-order valence-electron chi connectivity index (χ1n) is 7.01. The number of nitrogens with zero attached hydrogens (tertiary/aromatic N) is 1. The van der Waals surface area contributed by atoms with Gasteiger partial charge in [0.1, 0.15) is 5.54 Å². The van der Waals surface area contributed by atoms with Gasteiger partial charge in [0, 0.05) is 13.1 Å². The van der Waals surface area contributed by atoms with Gasteiger partial charge in [-0.15, -0.1) is 0 Å². The van der Waals surface area contributed by atoms with Crippen molar-refractivity contribution >= 4 is 5.97 Å². The zero-order valence-electron chi connectivity index (χ0n) is 12.1. The van der Waals surface area contributed by atoms with E-state index in [9.17, 15) is 4.79 Å². The van der Waals surface area contributed by atoms with Crippen LogP contribution in [-0.2, 0) is 9.53 Å². The number of nitrogens with two attached hydrogens (primary N) is 1. The molecule has 0 aliphatic heterocycles. The van der Waals surface area contributed by atoms with E-state index in [1.165, 1.54) is 39.2 Å². The third kappa shape index (κ3) is 4.94. The second kappa shape index (κ2) is 7.10. The summed E-state index contributed by atoms with van der Waals surface area (Å²) in [5, 5.41) is 0. The molecule has 1 unspecified atom stereocenters. The molecule has 106 valence electrons. The van der Waals surface area contributed by atoms with Crippen LogP contribution in [0.15, 0.2) is 0 Å². The van der Waals surface area contributed by atoms with E-state index in [0.29, 0.717) is 6.42 Å². The molecular weight excluding hydrogens is 228 g/mol. The van der Waals surface area contributed by atoms with Crippen LogP contribution in [0.25, 0.3) is 0 Å². The fraction of sp³-hybridized carbons (Fsp3) is 0.929. The van der Waals surface area contributed by atoms with Gasteiger partial charge in [0.15, 0.2) is 0 Å². The molecule has 4 nitrogen and oxygen atoms in total. The van der Waals surface area contributed by atoms with Crippen molar-refractivity contribution in [1.29, 1.82) is 0 Å². The van der Waals surface area contributed by atoms with E-state index in [4.69, 9.17) is 10.5 Å². The molecular formula is C14H28N2O2. The Morgan fingerprint density at radius 1 is 1.39 bits per heavy atom. The summed E-state index contributed by atoms with van der Waals surface area (Å²) in [6, 6.07) is 0. The SMILES string of the molecule is COC(=O)C(C)(N)CCN(C)CC1CCCCC1. The average Bonchev–Trinajstić information content (AvgIpc) is 2.36. The Morgan fingerprint density at radius 2 is 2.00 bits per heavy atom. The van der Waals surface area contributed by atoms with Crippen LogP contribution in [0.3, 0.4) is 0 Å². The fourth-order valence-electron chi connectivity index (χ4n) is 2.66. The van der Waals surface area contributed by atoms with E-state index in [0.717, 1.165) is 19.0 Å². The highest BCUT2D eigenvalue weighted by Crippen LogP contribution is 2.24. The summed E-state index contributed by atoms with van der Waals surface area (Å²) in [6.07, 6.45) is 7.47. The molecule has 0 heterocycles. The lowest BCUT2D eigenvalue weighted by atomic mass is 9.89. The minimum absolute atomic E-state index is 0.325. The van der Waals surface area contributed by atoms with Crippen LogP contribution in [0, 0.1) is 5.92 Å². The Morgan fingerprint density at radius 3 is 2.56 bits per heavy atom. The topological polar surface area (TPSA) is 55.6 Å². The molecule has 1 aliphatic carbocycles. The van der Waals surface area contributed by atoms with Gasteiger partial charge in [0.2, 0.25) is 0 Å². The van der Waals surface area contributed by atoms with Crippen molar-refractivity contribution < 1.29 is 9.53 Å². The molecule has 0 aromatic carbocycles. The van der Waals surface area contributed by atoms with E-state index >= 15 is 0 Å². The van der Waals surface area contributed by atoms with Crippen molar-refractivity contribution in [2.24, 2.45) is 11.7 Å². The quantitative estimate of drug-likeness (QED) is 0.736. The maximum atomic E-state index is 11.5. The normalized spacial score (nSPS) is 20.7. The Balaban J connectivity index is 2.27. The first kappa shape index (κ1) is 15.4. The second-order valence-corrected chi connectivity index (χ2v) is 5.93. The molecule has 1 rings (SSSR count). The summed E-state index contributed by atoms with van der Waals surface area (Å²) in [5.74, 6) is 0.500. The van der Waals surface area contributed by atoms with E-state index in [-0.39, 0.29) is 5.97 Å². The fourth-order valence-corrected chi connectivity index (χ4v) is 2.66. The highest BCUT2D eigenvalue weighted by molar-refractivity contribution is 5.79. The maximum Gasteiger partial charge on any atom is 0.325 e. The number of ether oxygens (including phenoxy) is 1. The van der Waals surface area contributed by atoms with E-state index in [2.05, 4.69) is 11.9 Å². The van der Waals surface area contributed by atoms with Crippen molar-refractivity contribution in [2.75, 3.05) is 27.2 Å². The second-order valence-electron chi connectivity index (χ2n) is 5.93. The van der Waals surface area contributed by atoms with E-state index in [1.807, 2.05) is 0 Å². The minimum atomic E-state index is -0.866. The molecule has 1 saturated carbocycles. The van der Waals surface area contributed by atoms with E-state index < -0.39 is 5.54 Å². The summed E-state index contributed by atoms with van der Waals surface area (Å²) in [7, 11) is 3.50. The molecule has 1 aliphatic rings. The molecule has 1 fully saturated rings. The van der Waals surface area contributed by atoms with Gasteiger partial charge in [-0.05, 0) is 39.2 Å². The lowest BCUT2D eigenvalue weighted by Crippen LogP contribution is -2.48. The summed E-state index contributed by atoms with van der Waals surface area (Å²) < 4.78 is 4.71. The van der Waals surface area contributed by atoms with E-state index in [1.54, 1.807) is 6.92 Å². The van der Waals surface area contributed by atoms with Gasteiger partial charge in [-0.2, -0.15) is 0 Å². The van der Waals surface area contributed by atoms with Gasteiger partial charge >= 0.3 is 5.97 Å². The minimum Gasteiger partial charge on any atom is -0.468 e. The molecule has 0 radical (unpaired) electrons. The molecule has 4 heteroatoms. The monoisotopic (exact) mass is 256 g/mol. The number of hydrogen-bond acceptors (Lipinski definition) is 4. The van der Waals surface area contributed by atoms with Crippen LogP contribution >= 0.6 is 0 Å². The van der Waals surface area contributed by atoms with Crippen molar-refractivity contribution in [2.45, 2.75) is 51.0 Å². The van der Waals surface area contributed by atoms with Crippen LogP contribution in [0.2, 0.25) is 0 Å². The van der Waals surface area contributed by atoms with Crippen LogP contribution < -0.4 is 5.73 Å². The first-order valence-corrected chi connectivity index (χ1v) is 7.01. The van der Waals surface area contributed by atoms with Gasteiger partial charge in [-0.25, -0.2) is 0 Å². The molecule has 0 aromatic rings. The van der Waals surface area contributed by atoms with Crippen molar-refractivity contribution in [3.63, 3.8) is 0 Å². The molecule has 0 aromatic heterocycles. The third-order valence-corrected chi connectivity index (χ3v) is 3.96. The Bertz CT molecular complexity index is 261. The van der Waals surface area contributed by atoms with Crippen molar-refractivity contribution in [3.8, 4) is 0 Å². The Labute approximate surface area is 111 Å². The largest absolute Gasteiger partial charge is 0.468 e. The standard InChI is InChI=1S/C14H28N2O2/c1-14(15,13(17)18-3)9-10-16(2)11-12-7-5-4-6-8-12/h12H,4-11,15H2,1-3H3. The zero-order valence-corrected chi connectivity index (χ0v) is 12.1. The number of carbonyl (C=O) groups is 1. The molecule has 2 N–H and O–H groups in total. The number of esters is 1. The molecule has 0 spiro atoms. The lowest BCUT2D eigenvalue weighted by Gasteiger charge is -2.29. The summed E-state index contributed by atoms with van der Waals surface area (Å²) in [5.41, 5.74) is 5.09. The van der Waals surface area contributed by atoms with Crippen LogP contribution in [0.5, 0.6) is 0 Å². The lowest BCUT2D eigenvalue weighted by molar-refractivity contribution is -0.146. The molecule has 0 amide bonds. The molecule has 0 bridgehead atoms. The molecule has 18 heavy (non-hydrogen) atoms. The zero-order chi connectivity index (χ0) is 13.6. The Hall–Kier alpha value is -0.610. The smallest absolute Gasteiger partial charge is 0.325 e. The van der Waals surface area contributed by atoms with Gasteiger partial charge in [-0.1, -0.05) is 19.3 Å². The number of carbonyl (C=O) groups excluding carboxylic acids is 1. The van der Waals surface area contributed by atoms with Gasteiger partial charge < -0.3 is 15.4 Å². The highest BCUT2D eigenvalue weighted by atomic mass is 16.5. The summed E-state index contributed by atoms with van der Waals surface area (Å²) in [6.45, 7) is 3.71. The first-order chi connectivity index (χ1) is 8.45. The van der Waals surface area contributed by atoms with Crippen molar-refractivity contribution in [3.05, 3.63) is 0 Å². The number of methoxy groups -OCH3 is 1. The molecule has 1 atom stereocenters. The maximum absolute atomic E-state index is 11.5. The highest BCUT2D eigenvalue weighted by Gasteiger charge is 2.29. The summed E-state index contributed by atoms with van der Waals surface area (Å²) >= 11 is 0. The average molecular weight is 256 g/mol. The van der Waals surface area contributed by atoms with Crippen molar-refractivity contribution in [1.82, 2.24) is 4.90 Å². The predicted octanol–water partition coefficient (Wildman–Crippen LogP) is 1.78. The third-order valence-electron chi connectivity index (χ3n) is 3.96.